The van der Waals surface area contributed by atoms with Crippen molar-refractivity contribution in [2.75, 3.05) is 0 Å². The molecule has 0 saturated carbocycles. The third-order valence-corrected chi connectivity index (χ3v) is 2.58. The highest BCUT2D eigenvalue weighted by Gasteiger charge is 1.90. The Bertz CT molecular complexity index is 118. The van der Waals surface area contributed by atoms with E-state index in [9.17, 15) is 0 Å². The zero-order valence-corrected chi connectivity index (χ0v) is 9.67. The van der Waals surface area contributed by atoms with E-state index in [1.165, 1.54) is 57.8 Å². The lowest BCUT2D eigenvalue weighted by Crippen LogP contribution is -1.80. The highest BCUT2D eigenvalue weighted by atomic mass is 14.5. The summed E-state index contributed by atoms with van der Waals surface area (Å²) in [7, 11) is 0. The molecular formula is C13H25N. The first-order valence-electron chi connectivity index (χ1n) is 6.21. The fourth-order valence-electron chi connectivity index (χ4n) is 1.65. The summed E-state index contributed by atoms with van der Waals surface area (Å²) in [6.07, 6.45) is 16.3. The van der Waals surface area contributed by atoms with Crippen molar-refractivity contribution in [2.45, 2.75) is 71.1 Å². The summed E-state index contributed by atoms with van der Waals surface area (Å²) in [4.78, 5) is 0. The molecule has 0 unspecified atom stereocenters. The molecule has 0 aromatic carbocycles. The van der Waals surface area contributed by atoms with Crippen LogP contribution in [0.5, 0.6) is 0 Å². The van der Waals surface area contributed by atoms with Crippen LogP contribution < -0.4 is 5.73 Å². The van der Waals surface area contributed by atoms with Gasteiger partial charge in [0.25, 0.3) is 0 Å². The predicted molar refractivity (Wildman–Crippen MR) is 63.1 cm³/mol. The molecule has 2 radical (unpaired) electrons. The number of hydrogen-bond donors (Lipinski definition) is 0. The lowest BCUT2D eigenvalue weighted by Gasteiger charge is -2.00. The molecule has 0 aromatic heterocycles. The molecule has 0 saturated heterocycles. The van der Waals surface area contributed by atoms with Crippen LogP contribution in [0.15, 0.2) is 12.3 Å². The molecule has 0 aliphatic carbocycles. The van der Waals surface area contributed by atoms with Gasteiger partial charge < -0.3 is 0 Å². The monoisotopic (exact) mass is 195 g/mol. The molecule has 0 rings (SSSR count). The van der Waals surface area contributed by atoms with Gasteiger partial charge in [-0.05, 0) is 12.8 Å². The molecule has 82 valence electrons. The van der Waals surface area contributed by atoms with Crippen LogP contribution in [0.25, 0.3) is 0 Å². The number of nitrogens with zero attached hydrogens (tertiary/aromatic N) is 1. The maximum atomic E-state index is 8.41. The number of unbranched alkanes of at least 4 members (excludes halogenated alkanes) is 9. The van der Waals surface area contributed by atoms with E-state index in [2.05, 4.69) is 6.92 Å². The fraction of sp³-hybridized carbons (Fsp3) is 0.846. The zero-order chi connectivity index (χ0) is 10.5. The molecule has 1 nitrogen and oxygen atoms in total. The van der Waals surface area contributed by atoms with E-state index in [4.69, 9.17) is 5.73 Å². The van der Waals surface area contributed by atoms with Crippen molar-refractivity contribution in [3.8, 4) is 0 Å². The van der Waals surface area contributed by atoms with E-state index in [1.807, 2.05) is 6.08 Å². The first-order valence-corrected chi connectivity index (χ1v) is 6.21. The molecule has 0 atom stereocenters. The van der Waals surface area contributed by atoms with Crippen molar-refractivity contribution >= 4 is 0 Å². The number of rotatable bonds is 10. The standard InChI is InChI=1S/C13H25N/c1-2-3-4-5-6-7-8-9-10-11-12-13-14/h12-13H,2-11H2,1H3/b13-12+. The molecule has 1 heteroatoms. The Labute approximate surface area is 89.8 Å². The van der Waals surface area contributed by atoms with Crippen molar-refractivity contribution in [1.29, 1.82) is 0 Å². The average Bonchev–Trinajstić information content (AvgIpc) is 2.21. The fourth-order valence-corrected chi connectivity index (χ4v) is 1.65. The first kappa shape index (κ1) is 13.5. The average molecular weight is 195 g/mol. The van der Waals surface area contributed by atoms with E-state index in [-0.39, 0.29) is 0 Å². The highest BCUT2D eigenvalue weighted by Crippen LogP contribution is 2.10. The van der Waals surface area contributed by atoms with E-state index in [1.54, 1.807) is 0 Å². The molecule has 0 aliphatic rings. The molecule has 0 aliphatic heterocycles. The SMILES string of the molecule is CCCCCCCCCCC/C=C/[N]. The smallest absolute Gasteiger partial charge is 0.0455 e. The van der Waals surface area contributed by atoms with Crippen molar-refractivity contribution in [3.63, 3.8) is 0 Å². The number of hydrogen-bond acceptors (Lipinski definition) is 0. The van der Waals surface area contributed by atoms with Gasteiger partial charge in [0, 0.05) is 6.20 Å². The summed E-state index contributed by atoms with van der Waals surface area (Å²) in [5.41, 5.74) is 8.41. The molecule has 0 N–H and O–H groups in total. The largest absolute Gasteiger partial charge is 0.160 e. The molecule has 0 fully saturated rings. The predicted octanol–water partition coefficient (Wildman–Crippen LogP) is 4.49. The lowest BCUT2D eigenvalue weighted by atomic mass is 10.1. The second-order valence-electron chi connectivity index (χ2n) is 4.00. The quantitative estimate of drug-likeness (QED) is 0.458. The van der Waals surface area contributed by atoms with Gasteiger partial charge in [-0.2, -0.15) is 5.73 Å². The Hall–Kier alpha value is -0.460. The van der Waals surface area contributed by atoms with E-state index in [0.717, 1.165) is 12.6 Å². The van der Waals surface area contributed by atoms with Crippen LogP contribution in [0.2, 0.25) is 0 Å². The van der Waals surface area contributed by atoms with Crippen LogP contribution in [0.3, 0.4) is 0 Å². The molecule has 0 aromatic rings. The summed E-state index contributed by atoms with van der Waals surface area (Å²) in [6.45, 7) is 2.26. The minimum absolute atomic E-state index is 1.03. The summed E-state index contributed by atoms with van der Waals surface area (Å²) in [6, 6.07) is 0. The minimum atomic E-state index is 1.03. The Morgan fingerprint density at radius 3 is 1.79 bits per heavy atom. The van der Waals surface area contributed by atoms with E-state index >= 15 is 0 Å². The van der Waals surface area contributed by atoms with Gasteiger partial charge in [0.1, 0.15) is 0 Å². The third-order valence-electron chi connectivity index (χ3n) is 2.58. The van der Waals surface area contributed by atoms with Gasteiger partial charge in [0.2, 0.25) is 0 Å². The summed E-state index contributed by atoms with van der Waals surface area (Å²) >= 11 is 0. The van der Waals surface area contributed by atoms with E-state index in [0.29, 0.717) is 0 Å². The van der Waals surface area contributed by atoms with Crippen molar-refractivity contribution in [2.24, 2.45) is 0 Å². The molecule has 0 spiro atoms. The van der Waals surface area contributed by atoms with Crippen molar-refractivity contribution in [1.82, 2.24) is 5.73 Å². The molecule has 0 amide bonds. The highest BCUT2D eigenvalue weighted by molar-refractivity contribution is 4.74. The maximum absolute atomic E-state index is 8.41. The second kappa shape index (κ2) is 12.5. The van der Waals surface area contributed by atoms with Gasteiger partial charge in [-0.25, -0.2) is 0 Å². The van der Waals surface area contributed by atoms with Crippen LogP contribution in [0.1, 0.15) is 71.1 Å². The normalized spacial score (nSPS) is 11.2. The second-order valence-corrected chi connectivity index (χ2v) is 4.00. The Kier molecular flexibility index (Phi) is 12.1. The van der Waals surface area contributed by atoms with Crippen LogP contribution in [-0.4, -0.2) is 0 Å². The van der Waals surface area contributed by atoms with Crippen molar-refractivity contribution in [3.05, 3.63) is 12.3 Å². The number of allylic oxidation sites excluding steroid dienone is 1. The van der Waals surface area contributed by atoms with Gasteiger partial charge in [-0.1, -0.05) is 64.4 Å². The Morgan fingerprint density at radius 1 is 0.786 bits per heavy atom. The van der Waals surface area contributed by atoms with Crippen LogP contribution in [0.4, 0.5) is 0 Å². The topological polar surface area (TPSA) is 22.3 Å². The first-order chi connectivity index (χ1) is 6.91. The Balaban J connectivity index is 2.85. The van der Waals surface area contributed by atoms with Gasteiger partial charge in [0.05, 0.1) is 0 Å². The van der Waals surface area contributed by atoms with Gasteiger partial charge in [0.15, 0.2) is 0 Å². The lowest BCUT2D eigenvalue weighted by molar-refractivity contribution is 0.566. The minimum Gasteiger partial charge on any atom is -0.160 e. The van der Waals surface area contributed by atoms with Crippen LogP contribution in [0, 0.1) is 0 Å². The van der Waals surface area contributed by atoms with Gasteiger partial charge in [-0.15, -0.1) is 0 Å². The summed E-state index contributed by atoms with van der Waals surface area (Å²) < 4.78 is 0. The molecule has 0 heterocycles. The zero-order valence-electron chi connectivity index (χ0n) is 9.67. The van der Waals surface area contributed by atoms with Gasteiger partial charge >= 0.3 is 0 Å². The molecule has 14 heavy (non-hydrogen) atoms. The molecule has 0 bridgehead atoms. The Morgan fingerprint density at radius 2 is 1.29 bits per heavy atom. The van der Waals surface area contributed by atoms with Crippen LogP contribution >= 0.6 is 0 Å². The van der Waals surface area contributed by atoms with E-state index < -0.39 is 0 Å². The summed E-state index contributed by atoms with van der Waals surface area (Å²) in [5, 5.41) is 0. The maximum Gasteiger partial charge on any atom is 0.0455 e. The van der Waals surface area contributed by atoms with Crippen molar-refractivity contribution < 1.29 is 0 Å². The third kappa shape index (κ3) is 11.5. The molecular weight excluding hydrogens is 170 g/mol. The van der Waals surface area contributed by atoms with Gasteiger partial charge in [-0.3, -0.25) is 0 Å². The summed E-state index contributed by atoms with van der Waals surface area (Å²) in [5.74, 6) is 0. The van der Waals surface area contributed by atoms with Crippen LogP contribution in [-0.2, 0) is 0 Å².